The topological polar surface area (TPSA) is 80.3 Å². The van der Waals surface area contributed by atoms with Gasteiger partial charge in [-0.1, -0.05) is 23.8 Å². The van der Waals surface area contributed by atoms with E-state index in [-0.39, 0.29) is 30.9 Å². The second kappa shape index (κ2) is 12.2. The van der Waals surface area contributed by atoms with E-state index in [2.05, 4.69) is 16.9 Å². The fourth-order valence-corrected chi connectivity index (χ4v) is 5.04. The van der Waals surface area contributed by atoms with Crippen molar-refractivity contribution in [2.45, 2.75) is 70.2 Å². The summed E-state index contributed by atoms with van der Waals surface area (Å²) in [6.07, 6.45) is 14.4. The molecule has 0 aromatic carbocycles. The molecule has 5 atom stereocenters. The number of ether oxygens (including phenoxy) is 5. The van der Waals surface area contributed by atoms with Gasteiger partial charge in [0.1, 0.15) is 6.61 Å². The van der Waals surface area contributed by atoms with E-state index < -0.39 is 6.16 Å². The molecule has 1 saturated carbocycles. The average molecular weight is 437 g/mol. The lowest BCUT2D eigenvalue weighted by Gasteiger charge is -2.29. The van der Waals surface area contributed by atoms with Crippen molar-refractivity contribution in [3.63, 3.8) is 0 Å². The second-order valence-electron chi connectivity index (χ2n) is 8.62. The average Bonchev–Trinajstić information content (AvgIpc) is 3.32. The Kier molecular flexibility index (Phi) is 9.40. The van der Waals surface area contributed by atoms with Crippen molar-refractivity contribution in [2.75, 3.05) is 27.4 Å². The van der Waals surface area contributed by atoms with Gasteiger partial charge in [0.2, 0.25) is 0 Å². The van der Waals surface area contributed by atoms with Crippen LogP contribution in [0, 0.1) is 17.8 Å². The molecule has 1 heterocycles. The molecule has 0 radical (unpaired) electrons. The summed E-state index contributed by atoms with van der Waals surface area (Å²) in [5, 5.41) is 0. The molecule has 0 bridgehead atoms. The first-order valence-electron chi connectivity index (χ1n) is 11.5. The normalized spacial score (nSPS) is 30.1. The molecule has 0 aromatic rings. The molecule has 1 saturated heterocycles. The summed E-state index contributed by atoms with van der Waals surface area (Å²) in [6, 6.07) is 0. The van der Waals surface area contributed by atoms with E-state index in [4.69, 9.17) is 18.9 Å². The number of unbranched alkanes of at least 4 members (excludes halogenated alkanes) is 1. The number of methoxy groups -OCH3 is 2. The molecule has 2 aliphatic carbocycles. The monoisotopic (exact) mass is 436 g/mol. The van der Waals surface area contributed by atoms with Gasteiger partial charge in [-0.05, 0) is 63.2 Å². The third-order valence-corrected chi connectivity index (χ3v) is 6.57. The van der Waals surface area contributed by atoms with Gasteiger partial charge < -0.3 is 23.7 Å². The van der Waals surface area contributed by atoms with E-state index in [1.807, 2.05) is 6.08 Å². The maximum absolute atomic E-state index is 11.3. The number of esters is 1. The standard InChI is InChI=1S/C24H36O7/c1-27-22(25)10-4-3-8-17-14-18-16-21(31-23-11-5-6-12-29-23)19(20(18)15-17)9-7-13-30-24(26)28-2/h7,9,14,18-21,23H,3-6,8,10-13,15-16H2,1-2H3/b9-7+/t18-,19+,20-,21+,23?/m0/s1. The van der Waals surface area contributed by atoms with E-state index in [9.17, 15) is 9.59 Å². The molecule has 0 aromatic heterocycles. The SMILES string of the molecule is COC(=O)CCCCC1=C[C@H]2C[C@@H](OC3CCCCO3)[C@H](/C=C/COC(=O)OC)[C@H]2C1. The maximum atomic E-state index is 11.3. The van der Waals surface area contributed by atoms with Gasteiger partial charge in [-0.25, -0.2) is 4.79 Å². The predicted octanol–water partition coefficient (Wildman–Crippen LogP) is 4.55. The Morgan fingerprint density at radius 2 is 2.06 bits per heavy atom. The van der Waals surface area contributed by atoms with Gasteiger partial charge in [0, 0.05) is 18.9 Å². The van der Waals surface area contributed by atoms with Gasteiger partial charge in [0.05, 0.1) is 20.3 Å². The molecule has 2 fully saturated rings. The molecule has 3 rings (SSSR count). The molecular formula is C24H36O7. The zero-order chi connectivity index (χ0) is 22.1. The lowest BCUT2D eigenvalue weighted by Crippen LogP contribution is -2.30. The molecule has 1 unspecified atom stereocenters. The van der Waals surface area contributed by atoms with E-state index >= 15 is 0 Å². The first-order chi connectivity index (χ1) is 15.1. The Balaban J connectivity index is 1.55. The molecule has 0 N–H and O–H groups in total. The van der Waals surface area contributed by atoms with Crippen molar-refractivity contribution in [3.05, 3.63) is 23.8 Å². The molecule has 1 aliphatic heterocycles. The Morgan fingerprint density at radius 1 is 1.19 bits per heavy atom. The summed E-state index contributed by atoms with van der Waals surface area (Å²) >= 11 is 0. The third kappa shape index (κ3) is 7.07. The Morgan fingerprint density at radius 3 is 2.81 bits per heavy atom. The van der Waals surface area contributed by atoms with Gasteiger partial charge >= 0.3 is 12.1 Å². The highest BCUT2D eigenvalue weighted by Gasteiger charge is 2.45. The van der Waals surface area contributed by atoms with Crippen molar-refractivity contribution in [3.8, 4) is 0 Å². The van der Waals surface area contributed by atoms with Crippen molar-refractivity contribution in [2.24, 2.45) is 17.8 Å². The van der Waals surface area contributed by atoms with Crippen molar-refractivity contribution < 1.29 is 33.3 Å². The number of carbonyl (C=O) groups excluding carboxylic acids is 2. The highest BCUT2D eigenvalue weighted by molar-refractivity contribution is 5.68. The smallest absolute Gasteiger partial charge is 0.469 e. The summed E-state index contributed by atoms with van der Waals surface area (Å²) in [5.41, 5.74) is 1.48. The van der Waals surface area contributed by atoms with Gasteiger partial charge in [-0.2, -0.15) is 0 Å². The Bertz CT molecular complexity index is 650. The highest BCUT2D eigenvalue weighted by Crippen LogP contribution is 2.49. The quantitative estimate of drug-likeness (QED) is 0.282. The Hall–Kier alpha value is -1.86. The summed E-state index contributed by atoms with van der Waals surface area (Å²) in [5.74, 6) is 1.13. The zero-order valence-electron chi connectivity index (χ0n) is 18.8. The van der Waals surface area contributed by atoms with Crippen LogP contribution < -0.4 is 0 Å². The van der Waals surface area contributed by atoms with Crippen LogP contribution in [-0.2, 0) is 28.5 Å². The van der Waals surface area contributed by atoms with E-state index in [0.29, 0.717) is 18.3 Å². The number of fused-ring (bicyclic) bond motifs is 1. The number of hydrogen-bond donors (Lipinski definition) is 0. The van der Waals surface area contributed by atoms with E-state index in [1.54, 1.807) is 0 Å². The van der Waals surface area contributed by atoms with Crippen LogP contribution >= 0.6 is 0 Å². The highest BCUT2D eigenvalue weighted by atomic mass is 16.7. The summed E-state index contributed by atoms with van der Waals surface area (Å²) in [4.78, 5) is 22.5. The molecule has 0 spiro atoms. The molecule has 7 nitrogen and oxygen atoms in total. The molecule has 3 aliphatic rings. The van der Waals surface area contributed by atoms with E-state index in [1.165, 1.54) is 19.8 Å². The van der Waals surface area contributed by atoms with E-state index in [0.717, 1.165) is 58.0 Å². The van der Waals surface area contributed by atoms with Crippen molar-refractivity contribution in [1.29, 1.82) is 0 Å². The Labute approximate surface area is 185 Å². The van der Waals surface area contributed by atoms with Crippen LogP contribution in [0.4, 0.5) is 4.79 Å². The van der Waals surface area contributed by atoms with Crippen LogP contribution in [-0.4, -0.2) is 52.0 Å². The fourth-order valence-electron chi connectivity index (χ4n) is 5.04. The lowest BCUT2D eigenvalue weighted by atomic mass is 9.88. The van der Waals surface area contributed by atoms with Gasteiger partial charge in [0.15, 0.2) is 6.29 Å². The van der Waals surface area contributed by atoms with Gasteiger partial charge in [0.25, 0.3) is 0 Å². The predicted molar refractivity (Wildman–Crippen MR) is 114 cm³/mol. The largest absolute Gasteiger partial charge is 0.508 e. The van der Waals surface area contributed by atoms with Crippen molar-refractivity contribution >= 4 is 12.1 Å². The number of allylic oxidation sites excluding steroid dienone is 2. The minimum atomic E-state index is -0.672. The summed E-state index contributed by atoms with van der Waals surface area (Å²) in [6.45, 7) is 0.967. The maximum Gasteiger partial charge on any atom is 0.508 e. The number of hydrogen-bond acceptors (Lipinski definition) is 7. The first-order valence-corrected chi connectivity index (χ1v) is 11.5. The van der Waals surface area contributed by atoms with Crippen LogP contribution in [0.25, 0.3) is 0 Å². The van der Waals surface area contributed by atoms with Crippen LogP contribution in [0.15, 0.2) is 23.8 Å². The first kappa shape index (κ1) is 23.8. The van der Waals surface area contributed by atoms with Crippen LogP contribution in [0.3, 0.4) is 0 Å². The number of rotatable bonds is 10. The molecule has 7 heteroatoms. The molecule has 174 valence electrons. The minimum Gasteiger partial charge on any atom is -0.469 e. The van der Waals surface area contributed by atoms with Gasteiger partial charge in [-0.3, -0.25) is 4.79 Å². The van der Waals surface area contributed by atoms with Crippen molar-refractivity contribution in [1.82, 2.24) is 0 Å². The fraction of sp³-hybridized carbons (Fsp3) is 0.750. The van der Waals surface area contributed by atoms with Crippen LogP contribution in [0.1, 0.15) is 57.8 Å². The van der Waals surface area contributed by atoms with Crippen LogP contribution in [0.5, 0.6) is 0 Å². The number of carbonyl (C=O) groups is 2. The second-order valence-corrected chi connectivity index (χ2v) is 8.62. The zero-order valence-corrected chi connectivity index (χ0v) is 18.8. The summed E-state index contributed by atoms with van der Waals surface area (Å²) in [7, 11) is 2.74. The van der Waals surface area contributed by atoms with Crippen LogP contribution in [0.2, 0.25) is 0 Å². The minimum absolute atomic E-state index is 0.110. The molecular weight excluding hydrogens is 400 g/mol. The summed E-state index contributed by atoms with van der Waals surface area (Å²) < 4.78 is 26.4. The van der Waals surface area contributed by atoms with Gasteiger partial charge in [-0.15, -0.1) is 0 Å². The third-order valence-electron chi connectivity index (χ3n) is 6.57. The molecule has 0 amide bonds. The molecule has 31 heavy (non-hydrogen) atoms. The lowest BCUT2D eigenvalue weighted by molar-refractivity contribution is -0.192.